The number of benzene rings is 1. The summed E-state index contributed by atoms with van der Waals surface area (Å²) in [6.07, 6.45) is 1.19. The fourth-order valence-electron chi connectivity index (χ4n) is 2.53. The number of aryl methyl sites for hydroxylation is 1. The second-order valence-corrected chi connectivity index (χ2v) is 4.89. The second kappa shape index (κ2) is 4.84. The summed E-state index contributed by atoms with van der Waals surface area (Å²) in [5, 5.41) is 0. The Hall–Kier alpha value is -2.16. The molecule has 2 heterocycles. The highest BCUT2D eigenvalue weighted by Gasteiger charge is 2.27. The minimum atomic E-state index is -0.156. The standard InChI is InChI=1S/C16H15NO2/c1-11-5-4-6-13(17-11)9-12-10-16(18)19-15-8-3-2-7-14(12)15/h2-8,12H,9-10H2,1H3. The van der Waals surface area contributed by atoms with Crippen molar-refractivity contribution in [2.45, 2.75) is 25.7 Å². The first-order valence-electron chi connectivity index (χ1n) is 6.44. The van der Waals surface area contributed by atoms with Crippen LogP contribution < -0.4 is 4.74 Å². The average molecular weight is 253 g/mol. The summed E-state index contributed by atoms with van der Waals surface area (Å²) < 4.78 is 5.26. The molecule has 96 valence electrons. The third-order valence-electron chi connectivity index (χ3n) is 3.40. The molecule has 1 unspecified atom stereocenters. The Bertz CT molecular complexity index is 622. The molecule has 0 saturated carbocycles. The van der Waals surface area contributed by atoms with E-state index < -0.39 is 0 Å². The third kappa shape index (κ3) is 2.50. The quantitative estimate of drug-likeness (QED) is 0.610. The molecule has 3 heteroatoms. The number of para-hydroxylation sites is 1. The summed E-state index contributed by atoms with van der Waals surface area (Å²) in [5.41, 5.74) is 3.13. The smallest absolute Gasteiger partial charge is 0.311 e. The molecule has 1 aromatic heterocycles. The van der Waals surface area contributed by atoms with Crippen LogP contribution in [0.2, 0.25) is 0 Å². The van der Waals surface area contributed by atoms with Crippen LogP contribution in [0.5, 0.6) is 5.75 Å². The number of pyridine rings is 1. The molecule has 0 spiro atoms. The van der Waals surface area contributed by atoms with Crippen molar-refractivity contribution in [1.29, 1.82) is 0 Å². The van der Waals surface area contributed by atoms with Crippen molar-refractivity contribution < 1.29 is 9.53 Å². The molecule has 0 amide bonds. The number of hydrogen-bond donors (Lipinski definition) is 0. The van der Waals surface area contributed by atoms with Gasteiger partial charge in [0.2, 0.25) is 0 Å². The summed E-state index contributed by atoms with van der Waals surface area (Å²) in [4.78, 5) is 16.2. The van der Waals surface area contributed by atoms with E-state index in [4.69, 9.17) is 4.74 Å². The van der Waals surface area contributed by atoms with E-state index in [0.717, 1.165) is 23.4 Å². The molecule has 3 rings (SSSR count). The Morgan fingerprint density at radius 2 is 2.05 bits per heavy atom. The highest BCUT2D eigenvalue weighted by molar-refractivity contribution is 5.76. The van der Waals surface area contributed by atoms with Crippen LogP contribution in [0.4, 0.5) is 0 Å². The van der Waals surface area contributed by atoms with Gasteiger partial charge in [0.1, 0.15) is 5.75 Å². The van der Waals surface area contributed by atoms with Gasteiger partial charge in [-0.05, 0) is 37.1 Å². The van der Waals surface area contributed by atoms with Gasteiger partial charge >= 0.3 is 5.97 Å². The zero-order chi connectivity index (χ0) is 13.2. The van der Waals surface area contributed by atoms with Gasteiger partial charge in [0.05, 0.1) is 6.42 Å². The molecule has 0 radical (unpaired) electrons. The molecule has 2 aromatic rings. The van der Waals surface area contributed by atoms with Crippen molar-refractivity contribution in [3.63, 3.8) is 0 Å². The highest BCUT2D eigenvalue weighted by atomic mass is 16.5. The Morgan fingerprint density at radius 1 is 1.21 bits per heavy atom. The molecule has 1 atom stereocenters. The zero-order valence-electron chi connectivity index (χ0n) is 10.8. The molecular formula is C16H15NO2. The summed E-state index contributed by atoms with van der Waals surface area (Å²) in [6.45, 7) is 1.98. The van der Waals surface area contributed by atoms with Crippen LogP contribution in [0.1, 0.15) is 29.3 Å². The summed E-state index contributed by atoms with van der Waals surface area (Å²) in [7, 11) is 0. The lowest BCUT2D eigenvalue weighted by atomic mass is 9.88. The summed E-state index contributed by atoms with van der Waals surface area (Å²) >= 11 is 0. The fraction of sp³-hybridized carbons (Fsp3) is 0.250. The van der Waals surface area contributed by atoms with E-state index in [2.05, 4.69) is 4.98 Å². The molecule has 0 saturated heterocycles. The van der Waals surface area contributed by atoms with Crippen LogP contribution in [0.3, 0.4) is 0 Å². The molecule has 0 aliphatic carbocycles. The van der Waals surface area contributed by atoms with Crippen LogP contribution in [0, 0.1) is 6.92 Å². The Balaban J connectivity index is 1.91. The van der Waals surface area contributed by atoms with E-state index >= 15 is 0 Å². The Labute approximate surface area is 112 Å². The van der Waals surface area contributed by atoms with Gasteiger partial charge in [0.25, 0.3) is 0 Å². The maximum atomic E-state index is 11.7. The van der Waals surface area contributed by atoms with Crippen molar-refractivity contribution >= 4 is 5.97 Å². The van der Waals surface area contributed by atoms with Crippen LogP contribution >= 0.6 is 0 Å². The summed E-state index contributed by atoms with van der Waals surface area (Å²) in [5.74, 6) is 0.694. The fourth-order valence-corrected chi connectivity index (χ4v) is 2.53. The Morgan fingerprint density at radius 3 is 2.89 bits per heavy atom. The van der Waals surface area contributed by atoms with E-state index in [1.807, 2.05) is 49.4 Å². The molecule has 0 fully saturated rings. The number of nitrogens with zero attached hydrogens (tertiary/aromatic N) is 1. The molecule has 3 nitrogen and oxygen atoms in total. The average Bonchev–Trinajstić information content (AvgIpc) is 2.38. The predicted molar refractivity (Wildman–Crippen MR) is 72.1 cm³/mol. The summed E-state index contributed by atoms with van der Waals surface area (Å²) in [6, 6.07) is 13.7. The molecule has 19 heavy (non-hydrogen) atoms. The molecule has 0 N–H and O–H groups in total. The van der Waals surface area contributed by atoms with Crippen LogP contribution in [0.15, 0.2) is 42.5 Å². The van der Waals surface area contributed by atoms with E-state index in [0.29, 0.717) is 12.2 Å². The number of ether oxygens (including phenoxy) is 1. The van der Waals surface area contributed by atoms with Crippen molar-refractivity contribution in [3.8, 4) is 5.75 Å². The predicted octanol–water partition coefficient (Wildman–Crippen LogP) is 3.03. The van der Waals surface area contributed by atoms with Gasteiger partial charge in [-0.15, -0.1) is 0 Å². The maximum absolute atomic E-state index is 11.7. The van der Waals surface area contributed by atoms with Gasteiger partial charge in [-0.25, -0.2) is 0 Å². The SMILES string of the molecule is Cc1cccc(CC2CC(=O)Oc3ccccc32)n1. The largest absolute Gasteiger partial charge is 0.426 e. The van der Waals surface area contributed by atoms with Crippen molar-refractivity contribution in [1.82, 2.24) is 4.98 Å². The van der Waals surface area contributed by atoms with Gasteiger partial charge in [-0.3, -0.25) is 9.78 Å². The first-order valence-corrected chi connectivity index (χ1v) is 6.44. The lowest BCUT2D eigenvalue weighted by Gasteiger charge is -2.24. The Kier molecular flexibility index (Phi) is 3.03. The molecular weight excluding hydrogens is 238 g/mol. The van der Waals surface area contributed by atoms with E-state index in [-0.39, 0.29) is 11.9 Å². The van der Waals surface area contributed by atoms with Crippen molar-refractivity contribution in [3.05, 3.63) is 59.4 Å². The first kappa shape index (κ1) is 11.9. The minimum absolute atomic E-state index is 0.156. The maximum Gasteiger partial charge on any atom is 0.311 e. The number of rotatable bonds is 2. The lowest BCUT2D eigenvalue weighted by Crippen LogP contribution is -2.21. The highest BCUT2D eigenvalue weighted by Crippen LogP contribution is 2.35. The normalized spacial score (nSPS) is 17.7. The number of esters is 1. The first-order chi connectivity index (χ1) is 9.22. The monoisotopic (exact) mass is 253 g/mol. The van der Waals surface area contributed by atoms with E-state index in [1.165, 1.54) is 0 Å². The van der Waals surface area contributed by atoms with Crippen LogP contribution in [-0.2, 0) is 11.2 Å². The van der Waals surface area contributed by atoms with Gasteiger partial charge in [0.15, 0.2) is 0 Å². The van der Waals surface area contributed by atoms with Gasteiger partial charge in [0, 0.05) is 17.3 Å². The minimum Gasteiger partial charge on any atom is -0.426 e. The van der Waals surface area contributed by atoms with Gasteiger partial charge in [-0.2, -0.15) is 0 Å². The van der Waals surface area contributed by atoms with Crippen molar-refractivity contribution in [2.24, 2.45) is 0 Å². The number of aromatic nitrogens is 1. The number of hydrogen-bond acceptors (Lipinski definition) is 3. The third-order valence-corrected chi connectivity index (χ3v) is 3.40. The van der Waals surface area contributed by atoms with E-state index in [1.54, 1.807) is 0 Å². The van der Waals surface area contributed by atoms with E-state index in [9.17, 15) is 4.79 Å². The van der Waals surface area contributed by atoms with Gasteiger partial charge < -0.3 is 4.74 Å². The topological polar surface area (TPSA) is 39.2 Å². The number of carbonyl (C=O) groups excluding carboxylic acids is 1. The molecule has 1 aliphatic rings. The number of carbonyl (C=O) groups is 1. The molecule has 1 aliphatic heterocycles. The second-order valence-electron chi connectivity index (χ2n) is 4.89. The van der Waals surface area contributed by atoms with Gasteiger partial charge in [-0.1, -0.05) is 24.3 Å². The molecule has 1 aromatic carbocycles. The molecule has 0 bridgehead atoms. The van der Waals surface area contributed by atoms with Crippen LogP contribution in [-0.4, -0.2) is 11.0 Å². The number of fused-ring (bicyclic) bond motifs is 1. The van der Waals surface area contributed by atoms with Crippen molar-refractivity contribution in [2.75, 3.05) is 0 Å². The van der Waals surface area contributed by atoms with Crippen LogP contribution in [0.25, 0.3) is 0 Å². The lowest BCUT2D eigenvalue weighted by molar-refractivity contribution is -0.135. The zero-order valence-corrected chi connectivity index (χ0v) is 10.8.